The van der Waals surface area contributed by atoms with Gasteiger partial charge in [-0.3, -0.25) is 9.78 Å². The van der Waals surface area contributed by atoms with Crippen LogP contribution in [0.25, 0.3) is 0 Å². The molecule has 7 heteroatoms. The van der Waals surface area contributed by atoms with Crippen LogP contribution in [-0.4, -0.2) is 34.6 Å². The van der Waals surface area contributed by atoms with Gasteiger partial charge in [-0.2, -0.15) is 4.98 Å². The summed E-state index contributed by atoms with van der Waals surface area (Å²) in [5.41, 5.74) is 1.24. The van der Waals surface area contributed by atoms with Crippen molar-refractivity contribution in [2.24, 2.45) is 0 Å². The fourth-order valence-electron chi connectivity index (χ4n) is 1.61. The maximum atomic E-state index is 12.0. The van der Waals surface area contributed by atoms with Crippen molar-refractivity contribution in [3.63, 3.8) is 0 Å². The van der Waals surface area contributed by atoms with E-state index in [2.05, 4.69) is 25.8 Å². The predicted molar refractivity (Wildman–Crippen MR) is 68.9 cm³/mol. The lowest BCUT2D eigenvalue weighted by Gasteiger charge is -2.08. The van der Waals surface area contributed by atoms with Gasteiger partial charge in [0.1, 0.15) is 0 Å². The van der Waals surface area contributed by atoms with Gasteiger partial charge in [-0.05, 0) is 13.0 Å². The molecular weight excluding hydrogens is 246 g/mol. The second-order valence-corrected chi connectivity index (χ2v) is 3.91. The Bertz CT molecular complexity index is 567. The van der Waals surface area contributed by atoms with Crippen molar-refractivity contribution in [3.05, 3.63) is 35.7 Å². The van der Waals surface area contributed by atoms with Gasteiger partial charge in [-0.1, -0.05) is 5.16 Å². The molecule has 0 aliphatic heterocycles. The molecule has 2 aromatic heterocycles. The number of nitrogens with one attached hydrogen (secondary N) is 2. The Balaban J connectivity index is 1.90. The highest BCUT2D eigenvalue weighted by Crippen LogP contribution is 2.11. The van der Waals surface area contributed by atoms with Gasteiger partial charge in [0, 0.05) is 38.1 Å². The van der Waals surface area contributed by atoms with Gasteiger partial charge in [-0.15, -0.1) is 0 Å². The molecule has 2 aromatic rings. The van der Waals surface area contributed by atoms with Crippen LogP contribution in [-0.2, 0) is 6.42 Å². The zero-order valence-electron chi connectivity index (χ0n) is 10.8. The SMILES string of the molecule is CNc1ccncc1C(=O)NCCc1nc(C)no1. The van der Waals surface area contributed by atoms with Crippen molar-refractivity contribution >= 4 is 11.6 Å². The summed E-state index contributed by atoms with van der Waals surface area (Å²) in [6, 6.07) is 1.75. The van der Waals surface area contributed by atoms with Gasteiger partial charge in [0.05, 0.1) is 5.56 Å². The summed E-state index contributed by atoms with van der Waals surface area (Å²) in [4.78, 5) is 20.0. The smallest absolute Gasteiger partial charge is 0.254 e. The van der Waals surface area contributed by atoms with Crippen molar-refractivity contribution in [1.29, 1.82) is 0 Å². The molecule has 2 heterocycles. The minimum absolute atomic E-state index is 0.186. The third-order valence-corrected chi connectivity index (χ3v) is 2.53. The minimum atomic E-state index is -0.186. The first kappa shape index (κ1) is 13.0. The molecule has 2 rings (SSSR count). The number of nitrogens with zero attached hydrogens (tertiary/aromatic N) is 3. The normalized spacial score (nSPS) is 10.2. The topological polar surface area (TPSA) is 92.9 Å². The summed E-state index contributed by atoms with van der Waals surface area (Å²) in [5.74, 6) is 0.914. The van der Waals surface area contributed by atoms with E-state index in [0.29, 0.717) is 30.2 Å². The first-order valence-electron chi connectivity index (χ1n) is 5.90. The molecule has 7 nitrogen and oxygen atoms in total. The number of hydrogen-bond donors (Lipinski definition) is 2. The molecular formula is C12H15N5O2. The van der Waals surface area contributed by atoms with Gasteiger partial charge in [0.15, 0.2) is 5.82 Å². The standard InChI is InChI=1S/C12H15N5O2/c1-8-16-11(19-17-8)4-6-15-12(18)9-7-14-5-3-10(9)13-2/h3,5,7H,4,6H2,1-2H3,(H,13,14)(H,15,18). The van der Waals surface area contributed by atoms with E-state index in [0.717, 1.165) is 5.69 Å². The molecule has 0 unspecified atom stereocenters. The summed E-state index contributed by atoms with van der Waals surface area (Å²) in [6.07, 6.45) is 3.66. The highest BCUT2D eigenvalue weighted by molar-refractivity contribution is 5.99. The Kier molecular flexibility index (Phi) is 4.07. The van der Waals surface area contributed by atoms with Crippen LogP contribution in [0.5, 0.6) is 0 Å². The molecule has 0 aliphatic carbocycles. The largest absolute Gasteiger partial charge is 0.387 e. The molecule has 0 fully saturated rings. The third kappa shape index (κ3) is 3.27. The van der Waals surface area contributed by atoms with Crippen molar-refractivity contribution in [1.82, 2.24) is 20.4 Å². The van der Waals surface area contributed by atoms with Crippen LogP contribution in [0, 0.1) is 6.92 Å². The first-order valence-corrected chi connectivity index (χ1v) is 5.90. The van der Waals surface area contributed by atoms with Crippen molar-refractivity contribution in [2.45, 2.75) is 13.3 Å². The maximum Gasteiger partial charge on any atom is 0.254 e. The molecule has 0 saturated heterocycles. The monoisotopic (exact) mass is 261 g/mol. The number of amides is 1. The number of anilines is 1. The Hall–Kier alpha value is -2.44. The van der Waals surface area contributed by atoms with E-state index in [4.69, 9.17) is 4.52 Å². The molecule has 2 N–H and O–H groups in total. The molecule has 0 saturated carbocycles. The number of hydrogen-bond acceptors (Lipinski definition) is 6. The fraction of sp³-hybridized carbons (Fsp3) is 0.333. The molecule has 1 amide bonds. The summed E-state index contributed by atoms with van der Waals surface area (Å²) in [6.45, 7) is 2.18. The van der Waals surface area contributed by atoms with E-state index in [-0.39, 0.29) is 5.91 Å². The average Bonchev–Trinajstić information content (AvgIpc) is 2.84. The van der Waals surface area contributed by atoms with E-state index in [1.54, 1.807) is 26.2 Å². The van der Waals surface area contributed by atoms with E-state index in [1.165, 1.54) is 6.20 Å². The Morgan fingerprint density at radius 3 is 3.00 bits per heavy atom. The average molecular weight is 261 g/mol. The Labute approximate surface area is 110 Å². The molecule has 0 aromatic carbocycles. The zero-order chi connectivity index (χ0) is 13.7. The quantitative estimate of drug-likeness (QED) is 0.826. The second kappa shape index (κ2) is 5.94. The Morgan fingerprint density at radius 2 is 2.32 bits per heavy atom. The summed E-state index contributed by atoms with van der Waals surface area (Å²) in [5, 5.41) is 9.41. The number of carbonyl (C=O) groups is 1. The minimum Gasteiger partial charge on any atom is -0.387 e. The molecule has 100 valence electrons. The molecule has 0 radical (unpaired) electrons. The van der Waals surface area contributed by atoms with E-state index >= 15 is 0 Å². The molecule has 19 heavy (non-hydrogen) atoms. The lowest BCUT2D eigenvalue weighted by Crippen LogP contribution is -2.26. The van der Waals surface area contributed by atoms with Gasteiger partial charge < -0.3 is 15.2 Å². The van der Waals surface area contributed by atoms with E-state index < -0.39 is 0 Å². The van der Waals surface area contributed by atoms with Crippen LogP contribution < -0.4 is 10.6 Å². The number of aromatic nitrogens is 3. The van der Waals surface area contributed by atoms with Crippen molar-refractivity contribution < 1.29 is 9.32 Å². The summed E-state index contributed by atoms with van der Waals surface area (Å²) < 4.78 is 4.96. The van der Waals surface area contributed by atoms with Gasteiger partial charge >= 0.3 is 0 Å². The Morgan fingerprint density at radius 1 is 1.47 bits per heavy atom. The van der Waals surface area contributed by atoms with Gasteiger partial charge in [0.2, 0.25) is 5.89 Å². The lowest BCUT2D eigenvalue weighted by atomic mass is 10.2. The molecule has 0 spiro atoms. The molecule has 0 atom stereocenters. The molecule has 0 aliphatic rings. The number of pyridine rings is 1. The highest BCUT2D eigenvalue weighted by atomic mass is 16.5. The van der Waals surface area contributed by atoms with Crippen molar-refractivity contribution in [3.8, 4) is 0 Å². The lowest BCUT2D eigenvalue weighted by molar-refractivity contribution is 0.0954. The number of rotatable bonds is 5. The summed E-state index contributed by atoms with van der Waals surface area (Å²) >= 11 is 0. The fourth-order valence-corrected chi connectivity index (χ4v) is 1.61. The van der Waals surface area contributed by atoms with Crippen LogP contribution in [0.4, 0.5) is 5.69 Å². The van der Waals surface area contributed by atoms with E-state index in [1.807, 2.05) is 0 Å². The zero-order valence-corrected chi connectivity index (χ0v) is 10.8. The number of carbonyl (C=O) groups excluding carboxylic acids is 1. The molecule has 0 bridgehead atoms. The van der Waals surface area contributed by atoms with Crippen LogP contribution in [0.15, 0.2) is 23.0 Å². The van der Waals surface area contributed by atoms with Crippen molar-refractivity contribution in [2.75, 3.05) is 18.9 Å². The second-order valence-electron chi connectivity index (χ2n) is 3.91. The van der Waals surface area contributed by atoms with Gasteiger partial charge in [0.25, 0.3) is 5.91 Å². The van der Waals surface area contributed by atoms with Crippen LogP contribution in [0.3, 0.4) is 0 Å². The van der Waals surface area contributed by atoms with E-state index in [9.17, 15) is 4.79 Å². The highest BCUT2D eigenvalue weighted by Gasteiger charge is 2.10. The number of aryl methyl sites for hydroxylation is 1. The van der Waals surface area contributed by atoms with Crippen LogP contribution in [0.2, 0.25) is 0 Å². The van der Waals surface area contributed by atoms with Gasteiger partial charge in [-0.25, -0.2) is 0 Å². The predicted octanol–water partition coefficient (Wildman–Crippen LogP) is 0.787. The maximum absolute atomic E-state index is 12.0. The van der Waals surface area contributed by atoms with Crippen LogP contribution >= 0.6 is 0 Å². The van der Waals surface area contributed by atoms with Crippen LogP contribution in [0.1, 0.15) is 22.1 Å². The first-order chi connectivity index (χ1) is 9.20. The summed E-state index contributed by atoms with van der Waals surface area (Å²) in [7, 11) is 1.76. The third-order valence-electron chi connectivity index (χ3n) is 2.53.